The maximum Gasteiger partial charge on any atom is 0.259 e. The first-order valence-electron chi connectivity index (χ1n) is 7.67. The van der Waals surface area contributed by atoms with Crippen LogP contribution in [0.25, 0.3) is 0 Å². The van der Waals surface area contributed by atoms with E-state index < -0.39 is 5.60 Å². The largest absolute Gasteiger partial charge is 0.480 e. The Morgan fingerprint density at radius 1 is 1.46 bits per heavy atom. The second-order valence-electron chi connectivity index (χ2n) is 5.60. The van der Waals surface area contributed by atoms with Gasteiger partial charge in [-0.15, -0.1) is 0 Å². The van der Waals surface area contributed by atoms with Gasteiger partial charge in [0.15, 0.2) is 0 Å². The highest BCUT2D eigenvalue weighted by Gasteiger charge is 2.41. The molecule has 0 aliphatic carbocycles. The van der Waals surface area contributed by atoms with Crippen LogP contribution in [-0.4, -0.2) is 74.9 Å². The number of morpholine rings is 1. The van der Waals surface area contributed by atoms with Gasteiger partial charge in [-0.1, -0.05) is 0 Å². The molecule has 8 nitrogen and oxygen atoms in total. The lowest BCUT2D eigenvalue weighted by atomic mass is 9.97. The highest BCUT2D eigenvalue weighted by atomic mass is 16.5. The molecule has 0 aromatic carbocycles. The number of aromatic nitrogens is 1. The summed E-state index contributed by atoms with van der Waals surface area (Å²) < 4.78 is 16.2. The molecular formula is C16H23N3O5. The Bertz CT molecular complexity index is 591. The highest BCUT2D eigenvalue weighted by molar-refractivity contribution is 5.96. The van der Waals surface area contributed by atoms with E-state index in [-0.39, 0.29) is 37.3 Å². The van der Waals surface area contributed by atoms with Gasteiger partial charge in [-0.05, 0) is 12.1 Å². The molecule has 1 atom stereocenters. The normalized spacial score (nSPS) is 20.5. The zero-order valence-corrected chi connectivity index (χ0v) is 14.2. The molecule has 1 fully saturated rings. The zero-order chi connectivity index (χ0) is 17.6. The number of rotatable bonds is 6. The lowest BCUT2D eigenvalue weighted by Gasteiger charge is -2.42. The molecule has 1 N–H and O–H groups in total. The smallest absolute Gasteiger partial charge is 0.259 e. The van der Waals surface area contributed by atoms with Crippen LogP contribution in [0.2, 0.25) is 0 Å². The van der Waals surface area contributed by atoms with Crippen molar-refractivity contribution in [3.8, 4) is 5.88 Å². The lowest BCUT2D eigenvalue weighted by Crippen LogP contribution is -2.57. The van der Waals surface area contributed by atoms with Crippen molar-refractivity contribution in [1.82, 2.24) is 15.2 Å². The Hall–Kier alpha value is -2.19. The predicted molar refractivity (Wildman–Crippen MR) is 85.9 cm³/mol. The van der Waals surface area contributed by atoms with Crippen LogP contribution in [-0.2, 0) is 14.3 Å². The Labute approximate surface area is 141 Å². The zero-order valence-electron chi connectivity index (χ0n) is 14.2. The summed E-state index contributed by atoms with van der Waals surface area (Å²) >= 11 is 0. The standard InChI is InChI=1S/C16H23N3O5/c1-17-13(20)9-16(11-22-2)10-19(7-8-24-16)15(21)12-5-4-6-18-14(12)23-3/h4-6H,7-11H2,1-3H3,(H,17,20)/t16-/m0/s1. The number of nitrogens with one attached hydrogen (secondary N) is 1. The first-order chi connectivity index (χ1) is 11.5. The topological polar surface area (TPSA) is 90.0 Å². The maximum atomic E-state index is 12.8. The third-order valence-corrected chi connectivity index (χ3v) is 3.90. The van der Waals surface area contributed by atoms with Gasteiger partial charge < -0.3 is 24.4 Å². The Kier molecular flexibility index (Phi) is 6.10. The number of carbonyl (C=O) groups is 2. The van der Waals surface area contributed by atoms with Crippen LogP contribution in [0, 0.1) is 0 Å². The molecule has 0 bridgehead atoms. The fraction of sp³-hybridized carbons (Fsp3) is 0.562. The quantitative estimate of drug-likeness (QED) is 0.791. The van der Waals surface area contributed by atoms with Gasteiger partial charge in [0.1, 0.15) is 11.2 Å². The predicted octanol–water partition coefficient (Wildman–Crippen LogP) is 0.0839. The number of hydrogen-bond donors (Lipinski definition) is 1. The number of hydrogen-bond acceptors (Lipinski definition) is 6. The van der Waals surface area contributed by atoms with Crippen molar-refractivity contribution in [2.45, 2.75) is 12.0 Å². The lowest BCUT2D eigenvalue weighted by molar-refractivity contribution is -0.150. The summed E-state index contributed by atoms with van der Waals surface area (Å²) in [7, 11) is 4.58. The van der Waals surface area contributed by atoms with E-state index in [1.165, 1.54) is 7.11 Å². The van der Waals surface area contributed by atoms with Crippen molar-refractivity contribution in [2.24, 2.45) is 0 Å². The van der Waals surface area contributed by atoms with Crippen molar-refractivity contribution in [3.05, 3.63) is 23.9 Å². The van der Waals surface area contributed by atoms with Gasteiger partial charge in [-0.25, -0.2) is 4.98 Å². The van der Waals surface area contributed by atoms with Crippen molar-refractivity contribution < 1.29 is 23.8 Å². The van der Waals surface area contributed by atoms with Gasteiger partial charge in [-0.2, -0.15) is 0 Å². The summed E-state index contributed by atoms with van der Waals surface area (Å²) in [5, 5.41) is 2.58. The number of carbonyl (C=O) groups excluding carboxylic acids is 2. The van der Waals surface area contributed by atoms with E-state index in [2.05, 4.69) is 10.3 Å². The molecular weight excluding hydrogens is 314 g/mol. The maximum absolute atomic E-state index is 12.8. The fourth-order valence-electron chi connectivity index (χ4n) is 2.79. The third kappa shape index (κ3) is 4.01. The van der Waals surface area contributed by atoms with E-state index in [1.807, 2.05) is 0 Å². The molecule has 1 aromatic heterocycles. The molecule has 1 aromatic rings. The Morgan fingerprint density at radius 3 is 2.92 bits per heavy atom. The Morgan fingerprint density at radius 2 is 2.25 bits per heavy atom. The first-order valence-corrected chi connectivity index (χ1v) is 7.67. The molecule has 0 unspecified atom stereocenters. The second kappa shape index (κ2) is 8.07. The van der Waals surface area contributed by atoms with Crippen LogP contribution in [0.3, 0.4) is 0 Å². The van der Waals surface area contributed by atoms with Crippen LogP contribution < -0.4 is 10.1 Å². The van der Waals surface area contributed by atoms with Gasteiger partial charge in [0.25, 0.3) is 5.91 Å². The molecule has 2 rings (SSSR count). The summed E-state index contributed by atoms with van der Waals surface area (Å²) in [6, 6.07) is 3.35. The number of pyridine rings is 1. The fourth-order valence-corrected chi connectivity index (χ4v) is 2.79. The molecule has 1 aliphatic rings. The van der Waals surface area contributed by atoms with Crippen molar-refractivity contribution in [1.29, 1.82) is 0 Å². The molecule has 0 radical (unpaired) electrons. The van der Waals surface area contributed by atoms with Crippen LogP contribution >= 0.6 is 0 Å². The number of nitrogens with zero attached hydrogens (tertiary/aromatic N) is 2. The van der Waals surface area contributed by atoms with E-state index >= 15 is 0 Å². The van der Waals surface area contributed by atoms with Crippen LogP contribution in [0.5, 0.6) is 5.88 Å². The van der Waals surface area contributed by atoms with E-state index in [0.29, 0.717) is 18.7 Å². The molecule has 132 valence electrons. The minimum Gasteiger partial charge on any atom is -0.480 e. The molecule has 2 amide bonds. The summed E-state index contributed by atoms with van der Waals surface area (Å²) in [5.74, 6) is -0.0985. The number of amides is 2. The van der Waals surface area contributed by atoms with Crippen molar-refractivity contribution >= 4 is 11.8 Å². The van der Waals surface area contributed by atoms with Gasteiger partial charge >= 0.3 is 0 Å². The molecule has 8 heteroatoms. The number of ether oxygens (including phenoxy) is 3. The minimum atomic E-state index is -0.863. The molecule has 24 heavy (non-hydrogen) atoms. The van der Waals surface area contributed by atoms with Crippen LogP contribution in [0.1, 0.15) is 16.8 Å². The molecule has 2 heterocycles. The van der Waals surface area contributed by atoms with Crippen LogP contribution in [0.15, 0.2) is 18.3 Å². The van der Waals surface area contributed by atoms with E-state index in [9.17, 15) is 9.59 Å². The average Bonchev–Trinajstić information content (AvgIpc) is 2.61. The van der Waals surface area contributed by atoms with E-state index in [0.717, 1.165) is 0 Å². The molecule has 0 spiro atoms. The monoisotopic (exact) mass is 337 g/mol. The summed E-state index contributed by atoms with van der Waals surface area (Å²) in [6.45, 7) is 1.23. The summed E-state index contributed by atoms with van der Waals surface area (Å²) in [4.78, 5) is 30.4. The second-order valence-corrected chi connectivity index (χ2v) is 5.60. The molecule has 1 aliphatic heterocycles. The van der Waals surface area contributed by atoms with Crippen molar-refractivity contribution in [2.75, 3.05) is 47.6 Å². The van der Waals surface area contributed by atoms with Crippen molar-refractivity contribution in [3.63, 3.8) is 0 Å². The van der Waals surface area contributed by atoms with E-state index in [4.69, 9.17) is 14.2 Å². The average molecular weight is 337 g/mol. The Balaban J connectivity index is 2.21. The first kappa shape index (κ1) is 18.2. The van der Waals surface area contributed by atoms with E-state index in [1.54, 1.807) is 37.4 Å². The highest BCUT2D eigenvalue weighted by Crippen LogP contribution is 2.25. The van der Waals surface area contributed by atoms with Gasteiger partial charge in [0.2, 0.25) is 11.8 Å². The summed E-state index contributed by atoms with van der Waals surface area (Å²) in [6.07, 6.45) is 1.68. The summed E-state index contributed by atoms with van der Waals surface area (Å²) in [5.41, 5.74) is -0.480. The number of methoxy groups -OCH3 is 2. The third-order valence-electron chi connectivity index (χ3n) is 3.90. The minimum absolute atomic E-state index is 0.116. The van der Waals surface area contributed by atoms with Gasteiger partial charge in [-0.3, -0.25) is 9.59 Å². The molecule has 1 saturated heterocycles. The molecule has 0 saturated carbocycles. The van der Waals surface area contributed by atoms with Gasteiger partial charge in [0, 0.05) is 26.9 Å². The van der Waals surface area contributed by atoms with Crippen LogP contribution in [0.4, 0.5) is 0 Å². The van der Waals surface area contributed by atoms with Gasteiger partial charge in [0.05, 0.1) is 33.3 Å². The SMILES string of the molecule is CNC(=O)C[C@@]1(COC)CN(C(=O)c2cccnc2OC)CCO1.